The molecule has 156 valence electrons. The van der Waals surface area contributed by atoms with Gasteiger partial charge in [0.2, 0.25) is 0 Å². The number of aryl methyl sites for hydroxylation is 1. The first kappa shape index (κ1) is 19.1. The number of fused-ring (bicyclic) bond motifs is 4. The third kappa shape index (κ3) is 2.82. The molecule has 0 saturated carbocycles. The number of likely N-dealkylation sites (N-methyl/N-ethyl adjacent to an activating group) is 1. The zero-order valence-electron chi connectivity index (χ0n) is 17.9. The Bertz CT molecular complexity index is 1110. The zero-order valence-corrected chi connectivity index (χ0v) is 17.9. The average molecular weight is 405 g/mol. The van der Waals surface area contributed by atoms with Crippen molar-refractivity contribution < 1.29 is 9.53 Å². The fourth-order valence-corrected chi connectivity index (χ4v) is 5.26. The van der Waals surface area contributed by atoms with Gasteiger partial charge in [-0.15, -0.1) is 0 Å². The summed E-state index contributed by atoms with van der Waals surface area (Å²) in [4.78, 5) is 25.4. The second kappa shape index (κ2) is 7.13. The maximum atomic E-state index is 13.1. The van der Waals surface area contributed by atoms with Crippen LogP contribution in [0.2, 0.25) is 0 Å². The minimum Gasteiger partial charge on any atom is -0.497 e. The van der Waals surface area contributed by atoms with E-state index in [-0.39, 0.29) is 11.4 Å². The summed E-state index contributed by atoms with van der Waals surface area (Å²) >= 11 is 0. The number of methoxy groups -OCH3 is 1. The Kier molecular flexibility index (Phi) is 4.54. The minimum absolute atomic E-state index is 0.0550. The minimum atomic E-state index is -0.0550. The Morgan fingerprint density at radius 2 is 2.00 bits per heavy atom. The molecular formula is C24H28N4O2. The Labute approximate surface area is 176 Å². The lowest BCUT2D eigenvalue weighted by molar-refractivity contribution is 0.0231. The molecule has 1 aromatic carbocycles. The summed E-state index contributed by atoms with van der Waals surface area (Å²) in [6.45, 7) is 4.48. The Hall–Kier alpha value is -2.86. The van der Waals surface area contributed by atoms with E-state index in [4.69, 9.17) is 4.74 Å². The van der Waals surface area contributed by atoms with E-state index in [2.05, 4.69) is 34.0 Å². The van der Waals surface area contributed by atoms with Crippen molar-refractivity contribution in [2.24, 2.45) is 0 Å². The van der Waals surface area contributed by atoms with Crippen LogP contribution in [0, 0.1) is 6.92 Å². The number of nitrogens with one attached hydrogen (secondary N) is 1. The van der Waals surface area contributed by atoms with Gasteiger partial charge >= 0.3 is 0 Å². The summed E-state index contributed by atoms with van der Waals surface area (Å²) in [5.41, 5.74) is 5.54. The molecule has 0 unspecified atom stereocenters. The highest BCUT2D eigenvalue weighted by molar-refractivity contribution is 5.95. The van der Waals surface area contributed by atoms with Gasteiger partial charge in [-0.1, -0.05) is 0 Å². The van der Waals surface area contributed by atoms with Gasteiger partial charge in [0.15, 0.2) is 0 Å². The highest BCUT2D eigenvalue weighted by Crippen LogP contribution is 2.45. The highest BCUT2D eigenvalue weighted by Gasteiger charge is 2.45. The second-order valence-electron chi connectivity index (χ2n) is 8.58. The number of piperidine rings is 1. The number of aromatic amines is 1. The molecule has 5 rings (SSSR count). The molecule has 0 atom stereocenters. The predicted molar refractivity (Wildman–Crippen MR) is 117 cm³/mol. The van der Waals surface area contributed by atoms with Gasteiger partial charge in [-0.25, -0.2) is 0 Å². The van der Waals surface area contributed by atoms with Crippen LogP contribution in [0.5, 0.6) is 5.75 Å². The second-order valence-corrected chi connectivity index (χ2v) is 8.58. The van der Waals surface area contributed by atoms with Gasteiger partial charge in [0.1, 0.15) is 5.75 Å². The molecule has 3 aromatic rings. The average Bonchev–Trinajstić information content (AvgIpc) is 3.15. The number of carbonyl (C=O) groups excluding carboxylic acids is 1. The van der Waals surface area contributed by atoms with Crippen LogP contribution < -0.4 is 4.74 Å². The van der Waals surface area contributed by atoms with Gasteiger partial charge in [0.25, 0.3) is 5.91 Å². The molecule has 30 heavy (non-hydrogen) atoms. The largest absolute Gasteiger partial charge is 0.497 e. The van der Waals surface area contributed by atoms with Gasteiger partial charge in [0.05, 0.1) is 18.2 Å². The molecule has 0 bridgehead atoms. The van der Waals surface area contributed by atoms with Crippen LogP contribution in [0.1, 0.15) is 40.0 Å². The van der Waals surface area contributed by atoms with Crippen molar-refractivity contribution in [3.8, 4) is 5.75 Å². The number of ether oxygens (including phenoxy) is 1. The van der Waals surface area contributed by atoms with Crippen LogP contribution in [0.15, 0.2) is 36.7 Å². The third-order valence-electron chi connectivity index (χ3n) is 7.15. The number of rotatable bonds is 2. The van der Waals surface area contributed by atoms with Crippen molar-refractivity contribution >= 4 is 16.8 Å². The summed E-state index contributed by atoms with van der Waals surface area (Å²) in [7, 11) is 3.93. The van der Waals surface area contributed by atoms with Crippen molar-refractivity contribution in [1.29, 1.82) is 0 Å². The molecule has 4 heterocycles. The molecule has 1 N–H and O–H groups in total. The van der Waals surface area contributed by atoms with E-state index >= 15 is 0 Å². The molecule has 2 aliphatic heterocycles. The van der Waals surface area contributed by atoms with E-state index in [1.54, 1.807) is 19.5 Å². The van der Waals surface area contributed by atoms with Crippen LogP contribution >= 0.6 is 0 Å². The molecule has 1 amide bonds. The standard InChI is InChI=1S/C24H28N4O2/c1-16-6-10-25-15-20(16)23(29)28-12-8-24(9-13-28)22-18(7-11-27(24)2)19-14-17(30-3)4-5-21(19)26-22/h4-6,10,14-15,26H,7-9,11-13H2,1-3H3. The van der Waals surface area contributed by atoms with E-state index < -0.39 is 0 Å². The molecule has 0 radical (unpaired) electrons. The molecular weight excluding hydrogens is 376 g/mol. The molecule has 0 aliphatic carbocycles. The van der Waals surface area contributed by atoms with Crippen molar-refractivity contribution in [2.45, 2.75) is 31.7 Å². The number of carbonyl (C=O) groups is 1. The van der Waals surface area contributed by atoms with Gasteiger partial charge in [0, 0.05) is 48.6 Å². The monoisotopic (exact) mass is 404 g/mol. The first-order valence-corrected chi connectivity index (χ1v) is 10.6. The van der Waals surface area contributed by atoms with E-state index in [0.717, 1.165) is 50.2 Å². The van der Waals surface area contributed by atoms with E-state index in [0.29, 0.717) is 5.56 Å². The van der Waals surface area contributed by atoms with Gasteiger partial charge in [-0.05, 0) is 68.6 Å². The van der Waals surface area contributed by atoms with Crippen LogP contribution in [-0.2, 0) is 12.0 Å². The van der Waals surface area contributed by atoms with Gasteiger partial charge in [-0.2, -0.15) is 0 Å². The molecule has 6 nitrogen and oxygen atoms in total. The number of nitrogens with zero attached hydrogens (tertiary/aromatic N) is 3. The number of hydrogen-bond donors (Lipinski definition) is 1. The van der Waals surface area contributed by atoms with E-state index in [9.17, 15) is 4.79 Å². The molecule has 1 saturated heterocycles. The fraction of sp³-hybridized carbons (Fsp3) is 0.417. The summed E-state index contributed by atoms with van der Waals surface area (Å²) in [6, 6.07) is 8.17. The van der Waals surface area contributed by atoms with Crippen molar-refractivity contribution in [3.05, 3.63) is 59.0 Å². The van der Waals surface area contributed by atoms with Crippen LogP contribution in [0.25, 0.3) is 10.9 Å². The fourth-order valence-electron chi connectivity index (χ4n) is 5.26. The summed E-state index contributed by atoms with van der Waals surface area (Å²) in [6.07, 6.45) is 6.30. The highest BCUT2D eigenvalue weighted by atomic mass is 16.5. The quantitative estimate of drug-likeness (QED) is 0.710. The van der Waals surface area contributed by atoms with Crippen LogP contribution in [-0.4, -0.2) is 59.5 Å². The van der Waals surface area contributed by atoms with E-state index in [1.807, 2.05) is 24.0 Å². The molecule has 1 fully saturated rings. The topological polar surface area (TPSA) is 61.5 Å². The Balaban J connectivity index is 1.46. The first-order chi connectivity index (χ1) is 14.5. The lowest BCUT2D eigenvalue weighted by atomic mass is 9.77. The molecule has 2 aromatic heterocycles. The lowest BCUT2D eigenvalue weighted by Crippen LogP contribution is -2.55. The number of aromatic nitrogens is 2. The van der Waals surface area contributed by atoms with Gasteiger partial charge < -0.3 is 14.6 Å². The number of H-pyrrole nitrogens is 1. The first-order valence-electron chi connectivity index (χ1n) is 10.6. The van der Waals surface area contributed by atoms with Crippen LogP contribution in [0.3, 0.4) is 0 Å². The number of pyridine rings is 1. The SMILES string of the molecule is COc1ccc2[nH]c3c(c2c1)CCN(C)C31CCN(C(=O)c2cnccc2C)CC1. The van der Waals surface area contributed by atoms with Crippen molar-refractivity contribution in [3.63, 3.8) is 0 Å². The summed E-state index contributed by atoms with van der Waals surface area (Å²) in [5, 5.41) is 1.27. The number of hydrogen-bond acceptors (Lipinski definition) is 4. The third-order valence-corrected chi connectivity index (χ3v) is 7.15. The van der Waals surface area contributed by atoms with Crippen molar-refractivity contribution in [2.75, 3.05) is 33.8 Å². The molecule has 2 aliphatic rings. The van der Waals surface area contributed by atoms with Crippen molar-refractivity contribution in [1.82, 2.24) is 19.8 Å². The maximum absolute atomic E-state index is 13.1. The summed E-state index contributed by atoms with van der Waals surface area (Å²) < 4.78 is 5.46. The predicted octanol–water partition coefficient (Wildman–Crippen LogP) is 3.50. The zero-order chi connectivity index (χ0) is 20.9. The number of likely N-dealkylation sites (tertiary alicyclic amines) is 1. The summed E-state index contributed by atoms with van der Waals surface area (Å²) in [5.74, 6) is 0.986. The molecule has 6 heteroatoms. The van der Waals surface area contributed by atoms with E-state index in [1.165, 1.54) is 22.2 Å². The van der Waals surface area contributed by atoms with Crippen LogP contribution in [0.4, 0.5) is 0 Å². The Morgan fingerprint density at radius 3 is 2.73 bits per heavy atom. The Morgan fingerprint density at radius 1 is 1.20 bits per heavy atom. The normalized spacial score (nSPS) is 18.6. The maximum Gasteiger partial charge on any atom is 0.255 e. The number of amides is 1. The number of benzene rings is 1. The lowest BCUT2D eigenvalue weighted by Gasteiger charge is -2.50. The molecule has 1 spiro atoms. The van der Waals surface area contributed by atoms with Gasteiger partial charge in [-0.3, -0.25) is 14.7 Å². The smallest absolute Gasteiger partial charge is 0.255 e.